The molecule has 1 aliphatic heterocycles. The van der Waals surface area contributed by atoms with E-state index in [0.717, 1.165) is 24.7 Å². The Morgan fingerprint density at radius 1 is 0.889 bits per heavy atom. The molecule has 1 fully saturated rings. The minimum absolute atomic E-state index is 0.0514. The highest BCUT2D eigenvalue weighted by molar-refractivity contribution is 6.84. The number of rotatable bonds is 13. The average molecular weight is 507 g/mol. The van der Waals surface area contributed by atoms with Crippen molar-refractivity contribution in [3.8, 4) is 0 Å². The molecule has 0 amide bonds. The second-order valence-corrected chi connectivity index (χ2v) is 15.6. The van der Waals surface area contributed by atoms with Crippen LogP contribution in [0.1, 0.15) is 72.3 Å². The fourth-order valence-corrected chi connectivity index (χ4v) is 7.22. The summed E-state index contributed by atoms with van der Waals surface area (Å²) in [5.74, 6) is 0.0965. The number of hydrogen-bond donors (Lipinski definition) is 0. The fourth-order valence-electron chi connectivity index (χ4n) is 5.05. The molecule has 0 N–H and O–H groups in total. The Hall–Kier alpha value is -1.66. The summed E-state index contributed by atoms with van der Waals surface area (Å²) < 4.78 is 20.2. The van der Waals surface area contributed by atoms with Gasteiger partial charge in [-0.2, -0.15) is 0 Å². The van der Waals surface area contributed by atoms with Crippen LogP contribution < -0.4 is 5.19 Å². The van der Waals surface area contributed by atoms with E-state index in [9.17, 15) is 0 Å². The maximum Gasteiger partial charge on any atom is 0.458 e. The number of unbranched alkanes of at least 4 members (excludes halogenated alkanes) is 3. The highest BCUT2D eigenvalue weighted by Gasteiger charge is 2.52. The van der Waals surface area contributed by atoms with Crippen LogP contribution in [-0.2, 0) is 13.7 Å². The molecule has 2 aromatic rings. The van der Waals surface area contributed by atoms with E-state index in [1.54, 1.807) is 0 Å². The maximum absolute atomic E-state index is 7.19. The molecule has 3 nitrogen and oxygen atoms in total. The van der Waals surface area contributed by atoms with Crippen LogP contribution in [0.4, 0.5) is 0 Å². The Balaban J connectivity index is 1.93. The van der Waals surface area contributed by atoms with Crippen molar-refractivity contribution in [2.24, 2.45) is 5.92 Å². The molecule has 1 saturated heterocycles. The molecule has 0 aromatic heterocycles. The SMILES string of the molecule is C=C(c1ccccc1)[C@@H](CB1OC(C)(C)C(C)(C)O1)[C@@H](CCCCCC)O[Si](C)(C)c1ccccc1. The molecule has 2 atom stereocenters. The fraction of sp³-hybridized carbons (Fsp3) is 0.548. The first-order valence-electron chi connectivity index (χ1n) is 13.8. The molecule has 5 heteroatoms. The lowest BCUT2D eigenvalue weighted by Gasteiger charge is -2.36. The van der Waals surface area contributed by atoms with Gasteiger partial charge in [0.05, 0.1) is 17.3 Å². The van der Waals surface area contributed by atoms with Crippen molar-refractivity contribution in [2.75, 3.05) is 0 Å². The summed E-state index contributed by atoms with van der Waals surface area (Å²) in [5.41, 5.74) is 1.57. The first-order chi connectivity index (χ1) is 17.0. The molecule has 0 bridgehead atoms. The van der Waals surface area contributed by atoms with Crippen molar-refractivity contribution < 1.29 is 13.7 Å². The minimum atomic E-state index is -2.16. The molecule has 0 saturated carbocycles. The van der Waals surface area contributed by atoms with Crippen molar-refractivity contribution in [3.05, 3.63) is 72.8 Å². The minimum Gasteiger partial charge on any atom is -0.409 e. The van der Waals surface area contributed by atoms with Crippen LogP contribution >= 0.6 is 0 Å². The van der Waals surface area contributed by atoms with Crippen LogP contribution in [0.25, 0.3) is 5.57 Å². The van der Waals surface area contributed by atoms with Gasteiger partial charge in [0, 0.05) is 5.92 Å². The van der Waals surface area contributed by atoms with Crippen molar-refractivity contribution in [3.63, 3.8) is 0 Å². The maximum atomic E-state index is 7.19. The molecular formula is C31H47BO3Si. The van der Waals surface area contributed by atoms with Crippen molar-refractivity contribution in [2.45, 2.75) is 103 Å². The number of benzene rings is 2. The van der Waals surface area contributed by atoms with Crippen LogP contribution in [0, 0.1) is 5.92 Å². The second kappa shape index (κ2) is 12.3. The molecule has 1 aliphatic rings. The summed E-state index contributed by atoms with van der Waals surface area (Å²) in [6.07, 6.45) is 6.66. The Kier molecular flexibility index (Phi) is 9.84. The van der Waals surface area contributed by atoms with Gasteiger partial charge in [0.15, 0.2) is 0 Å². The van der Waals surface area contributed by atoms with Gasteiger partial charge in [0.2, 0.25) is 8.32 Å². The average Bonchev–Trinajstić information content (AvgIpc) is 3.05. The molecule has 36 heavy (non-hydrogen) atoms. The quantitative estimate of drug-likeness (QED) is 0.204. The van der Waals surface area contributed by atoms with Crippen LogP contribution in [0.2, 0.25) is 19.4 Å². The zero-order chi connectivity index (χ0) is 26.4. The summed E-state index contributed by atoms with van der Waals surface area (Å²) in [5, 5.41) is 1.32. The molecule has 0 spiro atoms. The summed E-state index contributed by atoms with van der Waals surface area (Å²) in [4.78, 5) is 0. The normalized spacial score (nSPS) is 18.7. The van der Waals surface area contributed by atoms with E-state index in [4.69, 9.17) is 13.7 Å². The van der Waals surface area contributed by atoms with Gasteiger partial charge in [-0.05, 0) is 69.9 Å². The zero-order valence-electron chi connectivity index (χ0n) is 23.7. The van der Waals surface area contributed by atoms with Gasteiger partial charge in [-0.1, -0.05) is 99.8 Å². The van der Waals surface area contributed by atoms with Gasteiger partial charge in [0.1, 0.15) is 0 Å². The second-order valence-electron chi connectivity index (χ2n) is 11.8. The number of hydrogen-bond acceptors (Lipinski definition) is 3. The molecule has 2 aromatic carbocycles. The first kappa shape index (κ1) is 28.9. The largest absolute Gasteiger partial charge is 0.458 e. The van der Waals surface area contributed by atoms with E-state index in [2.05, 4.69) is 115 Å². The standard InChI is InChI=1S/C31H47BO3Si/c1-9-10-11-18-23-29(33-36(7,8)27-21-16-13-17-22-27)28(25(2)26-19-14-12-15-20-26)24-32-34-30(3,4)31(5,6)35-32/h12-17,19-22,28-29H,2,9-11,18,23-24H2,1,3-8H3/t28-,29-/m1/s1. The topological polar surface area (TPSA) is 27.7 Å². The van der Waals surface area contributed by atoms with E-state index < -0.39 is 8.32 Å². The van der Waals surface area contributed by atoms with Crippen molar-refractivity contribution >= 4 is 26.2 Å². The highest BCUT2D eigenvalue weighted by atomic mass is 28.4. The van der Waals surface area contributed by atoms with Crippen LogP contribution in [0.15, 0.2) is 67.2 Å². The van der Waals surface area contributed by atoms with Gasteiger partial charge < -0.3 is 13.7 Å². The van der Waals surface area contributed by atoms with Crippen LogP contribution in [0.3, 0.4) is 0 Å². The molecule has 0 unspecified atom stereocenters. The summed E-state index contributed by atoms with van der Waals surface area (Å²) in [6.45, 7) is 20.0. The third-order valence-electron chi connectivity index (χ3n) is 8.05. The van der Waals surface area contributed by atoms with Gasteiger partial charge in [0.25, 0.3) is 0 Å². The third-order valence-corrected chi connectivity index (χ3v) is 10.7. The van der Waals surface area contributed by atoms with E-state index in [-0.39, 0.29) is 30.3 Å². The Morgan fingerprint density at radius 3 is 2.00 bits per heavy atom. The molecule has 196 valence electrons. The lowest BCUT2D eigenvalue weighted by atomic mass is 9.70. The van der Waals surface area contributed by atoms with Gasteiger partial charge in [-0.15, -0.1) is 0 Å². The van der Waals surface area contributed by atoms with Gasteiger partial charge in [-0.3, -0.25) is 0 Å². The van der Waals surface area contributed by atoms with E-state index in [1.807, 2.05) is 0 Å². The highest BCUT2D eigenvalue weighted by Crippen LogP contribution is 2.42. The van der Waals surface area contributed by atoms with E-state index in [0.29, 0.717) is 0 Å². The lowest BCUT2D eigenvalue weighted by molar-refractivity contribution is 0.00578. The van der Waals surface area contributed by atoms with E-state index in [1.165, 1.54) is 30.0 Å². The predicted molar refractivity (Wildman–Crippen MR) is 157 cm³/mol. The summed E-state index contributed by atoms with van der Waals surface area (Å²) >= 11 is 0. The molecule has 0 radical (unpaired) electrons. The monoisotopic (exact) mass is 506 g/mol. The molecular weight excluding hydrogens is 459 g/mol. The summed E-state index contributed by atoms with van der Waals surface area (Å²) in [7, 11) is -2.44. The van der Waals surface area contributed by atoms with Gasteiger partial charge >= 0.3 is 7.12 Å². The zero-order valence-corrected chi connectivity index (χ0v) is 24.7. The van der Waals surface area contributed by atoms with Crippen molar-refractivity contribution in [1.82, 2.24) is 0 Å². The van der Waals surface area contributed by atoms with Crippen LogP contribution in [-0.4, -0.2) is 32.7 Å². The smallest absolute Gasteiger partial charge is 0.409 e. The third kappa shape index (κ3) is 7.22. The molecule has 0 aliphatic carbocycles. The Bertz CT molecular complexity index is 942. The van der Waals surface area contributed by atoms with E-state index >= 15 is 0 Å². The first-order valence-corrected chi connectivity index (χ1v) is 16.7. The molecule has 1 heterocycles. The Labute approximate surface area is 221 Å². The molecule has 3 rings (SSSR count). The Morgan fingerprint density at radius 2 is 1.44 bits per heavy atom. The predicted octanol–water partition coefficient (Wildman–Crippen LogP) is 7.88. The summed E-state index contributed by atoms with van der Waals surface area (Å²) in [6, 6.07) is 21.3. The van der Waals surface area contributed by atoms with Crippen molar-refractivity contribution in [1.29, 1.82) is 0 Å². The van der Waals surface area contributed by atoms with Gasteiger partial charge in [-0.25, -0.2) is 0 Å². The lowest BCUT2D eigenvalue weighted by Crippen LogP contribution is -2.49. The van der Waals surface area contributed by atoms with Crippen LogP contribution in [0.5, 0.6) is 0 Å².